The van der Waals surface area contributed by atoms with Gasteiger partial charge in [-0.1, -0.05) is 35.6 Å². The second-order valence-corrected chi connectivity index (χ2v) is 15.7. The third-order valence-corrected chi connectivity index (χ3v) is 13.4. The van der Waals surface area contributed by atoms with Gasteiger partial charge < -0.3 is 24.5 Å². The number of carbonyl (C=O) groups is 4. The van der Waals surface area contributed by atoms with E-state index in [1.807, 2.05) is 50.2 Å². The number of aromatic amines is 1. The molecule has 1 saturated heterocycles. The number of benzene rings is 3. The normalized spacial score (nSPS) is 25.4. The Labute approximate surface area is 308 Å². The minimum atomic E-state index is -0.482. The van der Waals surface area contributed by atoms with Crippen molar-refractivity contribution in [2.24, 2.45) is 29.6 Å². The topological polar surface area (TPSA) is 144 Å². The maximum Gasteiger partial charge on any atom is 0.338 e. The number of esters is 1. The zero-order valence-corrected chi connectivity index (χ0v) is 30.4. The summed E-state index contributed by atoms with van der Waals surface area (Å²) < 4.78 is 17.1. The average molecular weight is 740 g/mol. The number of amides is 3. The zero-order valence-electron chi connectivity index (χ0n) is 28.8. The van der Waals surface area contributed by atoms with Crippen molar-refractivity contribution in [1.29, 1.82) is 0 Å². The van der Waals surface area contributed by atoms with Crippen molar-refractivity contribution in [2.75, 3.05) is 30.0 Å². The van der Waals surface area contributed by atoms with E-state index in [4.69, 9.17) is 14.2 Å². The first-order valence-electron chi connectivity index (χ1n) is 17.5. The van der Waals surface area contributed by atoms with Crippen LogP contribution in [0.15, 0.2) is 76.6 Å². The van der Waals surface area contributed by atoms with Crippen molar-refractivity contribution in [3.05, 3.63) is 98.0 Å². The molecule has 3 aromatic carbocycles. The van der Waals surface area contributed by atoms with Gasteiger partial charge in [-0.25, -0.2) is 4.79 Å². The number of ether oxygens (including phenoxy) is 3. The van der Waals surface area contributed by atoms with Crippen LogP contribution >= 0.6 is 23.1 Å². The molecule has 2 saturated carbocycles. The Hall–Kier alpha value is -4.88. The molecule has 11 nitrogen and oxygen atoms in total. The number of thioether (sulfide) groups is 1. The van der Waals surface area contributed by atoms with E-state index in [1.165, 1.54) is 16.2 Å². The number of hydrogen-bond acceptors (Lipinski definition) is 10. The summed E-state index contributed by atoms with van der Waals surface area (Å²) >= 11 is 2.80. The van der Waals surface area contributed by atoms with Crippen LogP contribution in [0.3, 0.4) is 0 Å². The molecule has 3 heterocycles. The monoisotopic (exact) mass is 739 g/mol. The van der Waals surface area contributed by atoms with Gasteiger partial charge in [0.25, 0.3) is 5.91 Å². The molecular formula is C39H37N3O8S2. The molecule has 4 aliphatic rings. The highest BCUT2D eigenvalue weighted by atomic mass is 32.2. The summed E-state index contributed by atoms with van der Waals surface area (Å²) in [5.41, 5.74) is 3.37. The van der Waals surface area contributed by atoms with E-state index < -0.39 is 17.8 Å². The highest BCUT2D eigenvalue weighted by molar-refractivity contribution is 8.00. The lowest BCUT2D eigenvalue weighted by molar-refractivity contribution is -0.123. The molecule has 13 heteroatoms. The number of hydrogen-bond donors (Lipinski definition) is 2. The van der Waals surface area contributed by atoms with Crippen molar-refractivity contribution in [1.82, 2.24) is 4.98 Å². The molecule has 0 unspecified atom stereocenters. The number of imide groups is 1. The van der Waals surface area contributed by atoms with E-state index in [-0.39, 0.29) is 64.7 Å². The molecule has 52 heavy (non-hydrogen) atoms. The van der Waals surface area contributed by atoms with Crippen molar-refractivity contribution in [2.45, 2.75) is 43.4 Å². The van der Waals surface area contributed by atoms with E-state index in [1.54, 1.807) is 49.0 Å². The van der Waals surface area contributed by atoms with Gasteiger partial charge in [0, 0.05) is 21.7 Å². The van der Waals surface area contributed by atoms with Crippen LogP contribution in [0.2, 0.25) is 0 Å². The van der Waals surface area contributed by atoms with Gasteiger partial charge in [0.2, 0.25) is 11.8 Å². The number of para-hydroxylation sites is 1. The number of fused-ring (bicyclic) bond motifs is 9. The highest BCUT2D eigenvalue weighted by Gasteiger charge is 2.69. The smallest absolute Gasteiger partial charge is 0.338 e. The molecule has 3 fully saturated rings. The first-order chi connectivity index (χ1) is 25.2. The van der Waals surface area contributed by atoms with Crippen molar-refractivity contribution in [3.8, 4) is 11.5 Å². The lowest BCUT2D eigenvalue weighted by atomic mass is 9.68. The summed E-state index contributed by atoms with van der Waals surface area (Å²) in [5.74, 6) is -1.60. The van der Waals surface area contributed by atoms with Crippen molar-refractivity contribution < 1.29 is 33.4 Å². The molecule has 8 rings (SSSR count). The summed E-state index contributed by atoms with van der Waals surface area (Å²) in [7, 11) is 0. The van der Waals surface area contributed by atoms with E-state index >= 15 is 0 Å². The Morgan fingerprint density at radius 3 is 2.38 bits per heavy atom. The Morgan fingerprint density at radius 1 is 0.904 bits per heavy atom. The second-order valence-electron chi connectivity index (χ2n) is 13.5. The average Bonchev–Trinajstić information content (AvgIpc) is 3.87. The second kappa shape index (κ2) is 13.6. The molecule has 268 valence electrons. The van der Waals surface area contributed by atoms with Crippen LogP contribution in [0.5, 0.6) is 11.5 Å². The number of carbonyl (C=O) groups excluding carboxylic acids is 4. The fourth-order valence-electron chi connectivity index (χ4n) is 8.75. The van der Waals surface area contributed by atoms with Crippen molar-refractivity contribution in [3.63, 3.8) is 0 Å². The summed E-state index contributed by atoms with van der Waals surface area (Å²) in [6.07, 6.45) is 0.746. The fraction of sp³-hybridized carbons (Fsp3) is 0.359. The molecule has 4 aromatic rings. The maximum atomic E-state index is 14.2. The molecule has 2 aliphatic heterocycles. The predicted octanol–water partition coefficient (Wildman–Crippen LogP) is 6.02. The first-order valence-corrected chi connectivity index (χ1v) is 19.2. The van der Waals surface area contributed by atoms with E-state index in [2.05, 4.69) is 10.3 Å². The van der Waals surface area contributed by atoms with Gasteiger partial charge in [0.1, 0.15) is 0 Å². The number of rotatable bonds is 10. The number of nitrogens with one attached hydrogen (secondary N) is 2. The molecule has 1 aromatic heterocycles. The molecule has 0 radical (unpaired) electrons. The van der Waals surface area contributed by atoms with Gasteiger partial charge >= 0.3 is 10.8 Å². The molecule has 3 amide bonds. The Balaban J connectivity index is 1.08. The number of H-pyrrole nitrogens is 1. The first kappa shape index (κ1) is 34.2. The molecule has 2 aliphatic carbocycles. The SMILES string of the molecule is CCOC(=O)c1ccc(N2C(=O)[C@H]3[C@H]4C[C@@H]([C@@H]3C2=O)[C@@H]2[C@H](c3ccc(OCC(=O)Nc5ccccc5C)c(OCC)c3)c3sc(=O)[nH]c3S[C@H]42)cc1. The largest absolute Gasteiger partial charge is 0.490 e. The van der Waals surface area contributed by atoms with Gasteiger partial charge in [-0.15, -0.1) is 11.8 Å². The number of nitrogens with zero attached hydrogens (tertiary/aromatic N) is 1. The van der Waals surface area contributed by atoms with Crippen LogP contribution < -0.4 is 24.6 Å². The minimum absolute atomic E-state index is 0.00787. The summed E-state index contributed by atoms with van der Waals surface area (Å²) in [6.45, 7) is 5.93. The number of thiazole rings is 1. The van der Waals surface area contributed by atoms with E-state index in [0.29, 0.717) is 35.0 Å². The molecule has 2 bridgehead atoms. The summed E-state index contributed by atoms with van der Waals surface area (Å²) in [6, 6.07) is 19.6. The minimum Gasteiger partial charge on any atom is -0.490 e. The number of aryl methyl sites for hydroxylation is 1. The van der Waals surface area contributed by atoms with Crippen LogP contribution in [-0.4, -0.2) is 53.7 Å². The molecule has 7 atom stereocenters. The Morgan fingerprint density at radius 2 is 1.65 bits per heavy atom. The van der Waals surface area contributed by atoms with E-state index in [0.717, 1.165) is 27.5 Å². The highest BCUT2D eigenvalue weighted by Crippen LogP contribution is 2.68. The lowest BCUT2D eigenvalue weighted by Crippen LogP contribution is -2.42. The summed E-state index contributed by atoms with van der Waals surface area (Å²) in [5, 5.41) is 3.70. The van der Waals surface area contributed by atoms with Crippen LogP contribution in [0, 0.1) is 36.5 Å². The van der Waals surface area contributed by atoms with Gasteiger partial charge in [-0.2, -0.15) is 0 Å². The van der Waals surface area contributed by atoms with Gasteiger partial charge in [-0.05, 0) is 98.5 Å². The van der Waals surface area contributed by atoms with Crippen LogP contribution in [0.4, 0.5) is 11.4 Å². The molecular weight excluding hydrogens is 703 g/mol. The molecule has 0 spiro atoms. The van der Waals surface area contributed by atoms with Crippen LogP contribution in [0.25, 0.3) is 0 Å². The fourth-order valence-corrected chi connectivity index (χ4v) is 11.6. The van der Waals surface area contributed by atoms with Gasteiger partial charge in [0.15, 0.2) is 18.1 Å². The van der Waals surface area contributed by atoms with E-state index in [9.17, 15) is 24.0 Å². The standard InChI is InChI=1S/C39H37N3O8S2/c1-4-48-27-16-21(12-15-26(27)50-18-28(43)40-25-9-7-6-8-19(25)3)29-30-23-17-24(33(30)51-35-34(29)52-39(47)41-35)32-31(23)36(44)42(37(32)45)22-13-10-20(11-14-22)38(46)49-5-2/h6-16,23-24,29-33H,4-5,17-18H2,1-3H3,(H,40,43)(H,41,47)/t23-,24-,29+,30-,31+,32+,33-/m1/s1. The van der Waals surface area contributed by atoms with Gasteiger partial charge in [0.05, 0.1) is 41.3 Å². The van der Waals surface area contributed by atoms with Crippen LogP contribution in [0.1, 0.15) is 52.5 Å². The van der Waals surface area contributed by atoms with Gasteiger partial charge in [-0.3, -0.25) is 24.1 Å². The Kier molecular flexibility index (Phi) is 8.94. The summed E-state index contributed by atoms with van der Waals surface area (Å²) in [4.78, 5) is 71.2. The Bertz CT molecular complexity index is 2150. The molecule has 2 N–H and O–H groups in total. The zero-order chi connectivity index (χ0) is 36.3. The third-order valence-electron chi connectivity index (χ3n) is 10.8. The third kappa shape index (κ3) is 5.70. The van der Waals surface area contributed by atoms with Crippen molar-refractivity contribution >= 4 is 58.2 Å². The number of anilines is 2. The lowest BCUT2D eigenvalue weighted by Gasteiger charge is -2.43. The maximum absolute atomic E-state index is 14.2. The van der Waals surface area contributed by atoms with Crippen LogP contribution in [-0.2, 0) is 19.1 Å². The number of aromatic nitrogens is 1. The quantitative estimate of drug-likeness (QED) is 0.148. The predicted molar refractivity (Wildman–Crippen MR) is 196 cm³/mol.